The molecule has 0 aromatic carbocycles. The number of thiocarbonyl (C=S) groups is 1. The van der Waals surface area contributed by atoms with Crippen LogP contribution in [0.2, 0.25) is 0 Å². The van der Waals surface area contributed by atoms with Crippen molar-refractivity contribution in [2.24, 2.45) is 4.99 Å². The van der Waals surface area contributed by atoms with Crippen molar-refractivity contribution in [2.45, 2.75) is 19.4 Å². The van der Waals surface area contributed by atoms with Crippen LogP contribution in [0.15, 0.2) is 33.5 Å². The van der Waals surface area contributed by atoms with Crippen molar-refractivity contribution >= 4 is 34.9 Å². The summed E-state index contributed by atoms with van der Waals surface area (Å²) in [5.41, 5.74) is 0.262. The Morgan fingerprint density at radius 1 is 1.69 bits per heavy atom. The number of aliphatic imine (C=N–C) groups is 1. The number of allylic oxidation sites excluding steroid dienone is 2. The van der Waals surface area contributed by atoms with Gasteiger partial charge in [0.1, 0.15) is 17.6 Å². The van der Waals surface area contributed by atoms with E-state index in [-0.39, 0.29) is 5.57 Å². The van der Waals surface area contributed by atoms with Crippen LogP contribution in [0.3, 0.4) is 0 Å². The Bertz CT molecular complexity index is 429. The molecule has 1 aliphatic rings. The summed E-state index contributed by atoms with van der Waals surface area (Å²) in [5.74, 6) is 2.13. The Hall–Kier alpha value is -1.18. The normalized spacial score (nSPS) is 19.1. The van der Waals surface area contributed by atoms with Gasteiger partial charge >= 0.3 is 0 Å². The van der Waals surface area contributed by atoms with Crippen LogP contribution in [0.25, 0.3) is 0 Å². The number of nitrogens with zero attached hydrogens (tertiary/aromatic N) is 1. The quantitative estimate of drug-likeness (QED) is 0.440. The lowest BCUT2D eigenvalue weighted by Crippen LogP contribution is -2.14. The van der Waals surface area contributed by atoms with Gasteiger partial charge in [0.15, 0.2) is 5.76 Å². The minimum absolute atomic E-state index is 0.262. The van der Waals surface area contributed by atoms with Crippen LogP contribution in [-0.2, 0) is 9.53 Å². The van der Waals surface area contributed by atoms with E-state index < -0.39 is 6.04 Å². The molecule has 3 nitrogen and oxygen atoms in total. The summed E-state index contributed by atoms with van der Waals surface area (Å²) in [5, 5.41) is 2.61. The van der Waals surface area contributed by atoms with Crippen LogP contribution in [-0.4, -0.2) is 23.8 Å². The maximum atomic E-state index is 10.9. The molecule has 0 bridgehead atoms. The van der Waals surface area contributed by atoms with Crippen molar-refractivity contribution in [1.29, 1.82) is 0 Å². The number of carbonyl (C=O) groups excluding carboxylic acids is 1. The van der Waals surface area contributed by atoms with Gasteiger partial charge in [-0.05, 0) is 24.7 Å². The number of rotatable bonds is 4. The second-order valence-corrected chi connectivity index (χ2v) is 3.66. The van der Waals surface area contributed by atoms with E-state index in [1.54, 1.807) is 18.1 Å². The topological polar surface area (TPSA) is 38.7 Å². The van der Waals surface area contributed by atoms with Gasteiger partial charge < -0.3 is 4.74 Å². The number of halogens is 1. The summed E-state index contributed by atoms with van der Waals surface area (Å²) in [4.78, 5) is 14.7. The zero-order valence-electron chi connectivity index (χ0n) is 8.70. The number of ether oxygens (including phenoxy) is 1. The highest BCUT2D eigenvalue weighted by molar-refractivity contribution is 7.78. The second kappa shape index (κ2) is 6.41. The summed E-state index contributed by atoms with van der Waals surface area (Å²) in [6.45, 7) is 2.45. The first kappa shape index (κ1) is 12.9. The molecule has 0 amide bonds. The van der Waals surface area contributed by atoms with Gasteiger partial charge in [0.05, 0.1) is 16.8 Å². The molecule has 0 radical (unpaired) electrons. The van der Waals surface area contributed by atoms with Crippen LogP contribution < -0.4 is 0 Å². The minimum atomic E-state index is -0.496. The third-order valence-electron chi connectivity index (χ3n) is 1.93. The van der Waals surface area contributed by atoms with E-state index in [9.17, 15) is 4.79 Å². The Morgan fingerprint density at radius 2 is 2.44 bits per heavy atom. The molecule has 0 saturated heterocycles. The summed E-state index contributed by atoms with van der Waals surface area (Å²) in [6, 6.07) is -0.496. The molecule has 1 rings (SSSR count). The number of hydrogen-bond acceptors (Lipinski definition) is 4. The van der Waals surface area contributed by atoms with Gasteiger partial charge in [0, 0.05) is 0 Å². The summed E-state index contributed by atoms with van der Waals surface area (Å²) >= 11 is 10.4. The van der Waals surface area contributed by atoms with Crippen LogP contribution >= 0.6 is 23.8 Å². The zero-order chi connectivity index (χ0) is 12.0. The highest BCUT2D eigenvalue weighted by Gasteiger charge is 2.23. The Kier molecular flexibility index (Phi) is 5.17. The lowest BCUT2D eigenvalue weighted by Gasteiger charge is -2.17. The zero-order valence-corrected chi connectivity index (χ0v) is 10.3. The molecular weight excluding hydrogens is 246 g/mol. The molecule has 0 saturated carbocycles. The minimum Gasteiger partial charge on any atom is -0.491 e. The smallest absolute Gasteiger partial charge is 0.154 e. The maximum Gasteiger partial charge on any atom is 0.154 e. The van der Waals surface area contributed by atoms with Crippen LogP contribution in [0.4, 0.5) is 0 Å². The van der Waals surface area contributed by atoms with Crippen molar-refractivity contribution in [1.82, 2.24) is 0 Å². The van der Waals surface area contributed by atoms with Crippen molar-refractivity contribution in [3.05, 3.63) is 28.5 Å². The van der Waals surface area contributed by atoms with E-state index >= 15 is 0 Å². The van der Waals surface area contributed by atoms with E-state index in [1.807, 2.05) is 6.92 Å². The summed E-state index contributed by atoms with van der Waals surface area (Å²) in [7, 11) is 0. The molecule has 0 aromatic rings. The number of isothiocyanates is 1. The fraction of sp³-hybridized carbons (Fsp3) is 0.364. The first-order valence-electron chi connectivity index (χ1n) is 4.77. The van der Waals surface area contributed by atoms with Gasteiger partial charge in [-0.3, -0.25) is 0 Å². The predicted molar refractivity (Wildman–Crippen MR) is 66.3 cm³/mol. The average Bonchev–Trinajstić information content (AvgIpc) is 2.29. The largest absolute Gasteiger partial charge is 0.491 e. The van der Waals surface area contributed by atoms with Crippen molar-refractivity contribution in [2.75, 3.05) is 6.61 Å². The lowest BCUT2D eigenvalue weighted by atomic mass is 10.0. The molecule has 0 aromatic heterocycles. The summed E-state index contributed by atoms with van der Waals surface area (Å²) < 4.78 is 5.40. The van der Waals surface area contributed by atoms with E-state index in [0.29, 0.717) is 17.4 Å². The van der Waals surface area contributed by atoms with E-state index in [1.165, 1.54) is 0 Å². The molecule has 1 unspecified atom stereocenters. The SMILES string of the molecule is CCCOC1=C(Cl)C=CC(N=C=S)C1=C=O. The molecular formula is C11H10ClNO2S. The fourth-order valence-electron chi connectivity index (χ4n) is 1.23. The Morgan fingerprint density at radius 3 is 3.00 bits per heavy atom. The molecule has 0 heterocycles. The molecule has 5 heteroatoms. The Balaban J connectivity index is 3.05. The van der Waals surface area contributed by atoms with Gasteiger partial charge in [-0.25, -0.2) is 9.79 Å². The predicted octanol–water partition coefficient (Wildman–Crippen LogP) is 2.66. The van der Waals surface area contributed by atoms with Crippen LogP contribution in [0.1, 0.15) is 13.3 Å². The Labute approximate surface area is 104 Å². The monoisotopic (exact) mass is 255 g/mol. The van der Waals surface area contributed by atoms with E-state index in [0.717, 1.165) is 6.42 Å². The van der Waals surface area contributed by atoms with Crippen molar-refractivity contribution < 1.29 is 9.53 Å². The van der Waals surface area contributed by atoms with Gasteiger partial charge in [0.25, 0.3) is 0 Å². The highest BCUT2D eigenvalue weighted by Crippen LogP contribution is 2.28. The molecule has 0 N–H and O–H groups in total. The molecule has 16 heavy (non-hydrogen) atoms. The first-order chi connectivity index (χ1) is 7.74. The van der Waals surface area contributed by atoms with Gasteiger partial charge in [-0.2, -0.15) is 0 Å². The standard InChI is InChI=1S/C11H10ClNO2S/c1-2-5-15-11-8(6-14)10(13-7-16)4-3-9(11)12/h3-4,10H,2,5H2,1H3. The third-order valence-corrected chi connectivity index (χ3v) is 2.34. The molecule has 1 aliphatic carbocycles. The summed E-state index contributed by atoms with van der Waals surface area (Å²) in [6.07, 6.45) is 4.11. The molecule has 0 spiro atoms. The van der Waals surface area contributed by atoms with E-state index in [2.05, 4.69) is 22.4 Å². The highest BCUT2D eigenvalue weighted by atomic mass is 35.5. The lowest BCUT2D eigenvalue weighted by molar-refractivity contribution is 0.217. The van der Waals surface area contributed by atoms with Gasteiger partial charge in [0.2, 0.25) is 0 Å². The van der Waals surface area contributed by atoms with Crippen LogP contribution in [0.5, 0.6) is 0 Å². The maximum absolute atomic E-state index is 10.9. The average molecular weight is 256 g/mol. The van der Waals surface area contributed by atoms with Crippen molar-refractivity contribution in [3.8, 4) is 0 Å². The van der Waals surface area contributed by atoms with Crippen molar-refractivity contribution in [3.63, 3.8) is 0 Å². The fourth-order valence-corrected chi connectivity index (χ4v) is 1.58. The molecule has 0 fully saturated rings. The van der Waals surface area contributed by atoms with Gasteiger partial charge in [-0.15, -0.1) is 0 Å². The second-order valence-electron chi connectivity index (χ2n) is 3.07. The molecule has 0 aliphatic heterocycles. The van der Waals surface area contributed by atoms with Crippen LogP contribution in [0, 0.1) is 0 Å². The first-order valence-corrected chi connectivity index (χ1v) is 5.56. The van der Waals surface area contributed by atoms with E-state index in [4.69, 9.17) is 16.3 Å². The third kappa shape index (κ3) is 2.91. The molecule has 84 valence electrons. The number of hydrogen-bond donors (Lipinski definition) is 0. The molecule has 1 atom stereocenters. The van der Waals surface area contributed by atoms with Gasteiger partial charge in [-0.1, -0.05) is 24.6 Å².